The van der Waals surface area contributed by atoms with Crippen LogP contribution in [-0.2, 0) is 6.54 Å². The van der Waals surface area contributed by atoms with E-state index in [2.05, 4.69) is 35.4 Å². The van der Waals surface area contributed by atoms with E-state index in [0.29, 0.717) is 0 Å². The first-order chi connectivity index (χ1) is 9.58. The van der Waals surface area contributed by atoms with Crippen molar-refractivity contribution in [1.29, 1.82) is 0 Å². The number of thioether (sulfide) groups is 1. The topological polar surface area (TPSA) is 3.24 Å². The molecule has 2 aromatic rings. The zero-order valence-corrected chi connectivity index (χ0v) is 14.7. The predicted molar refractivity (Wildman–Crippen MR) is 93.4 cm³/mol. The second-order valence-electron chi connectivity index (χ2n) is 4.77. The lowest BCUT2D eigenvalue weighted by Crippen LogP contribution is -2.11. The maximum Gasteiger partial charge on any atom is 0.123 e. The van der Waals surface area contributed by atoms with Crippen molar-refractivity contribution in [3.05, 3.63) is 53.8 Å². The molecule has 0 fully saturated rings. The highest BCUT2D eigenvalue weighted by molar-refractivity contribution is 7.99. The third kappa shape index (κ3) is 5.55. The summed E-state index contributed by atoms with van der Waals surface area (Å²) in [4.78, 5) is 5.59. The second kappa shape index (κ2) is 8.69. The predicted octanol–water partition coefficient (Wildman–Crippen LogP) is 5.18. The van der Waals surface area contributed by atoms with Crippen molar-refractivity contribution in [2.75, 3.05) is 20.4 Å². The lowest BCUT2D eigenvalue weighted by molar-refractivity contribution is 0.398. The first-order valence-electron chi connectivity index (χ1n) is 6.33. The van der Waals surface area contributed by atoms with Gasteiger partial charge in [0.05, 0.1) is 0 Å². The van der Waals surface area contributed by atoms with Crippen LogP contribution in [0.4, 0.5) is 4.39 Å². The van der Waals surface area contributed by atoms with Crippen LogP contribution in [0.3, 0.4) is 0 Å². The van der Waals surface area contributed by atoms with Crippen molar-refractivity contribution in [1.82, 2.24) is 4.90 Å². The molecule has 5 heteroatoms. The van der Waals surface area contributed by atoms with Crippen LogP contribution in [0.2, 0.25) is 0 Å². The van der Waals surface area contributed by atoms with Crippen LogP contribution in [0, 0.1) is 5.82 Å². The average Bonchev–Trinajstić information content (AvgIpc) is 2.42. The molecule has 0 N–H and O–H groups in total. The molecule has 0 atom stereocenters. The van der Waals surface area contributed by atoms with Crippen LogP contribution in [-0.4, -0.2) is 25.3 Å². The number of halogens is 2. The van der Waals surface area contributed by atoms with Gasteiger partial charge in [0, 0.05) is 21.2 Å². The Morgan fingerprint density at radius 2 is 1.62 bits per heavy atom. The Kier molecular flexibility index (Phi) is 7.60. The summed E-state index contributed by atoms with van der Waals surface area (Å²) in [5, 5.41) is 0. The molecule has 0 spiro atoms. The Hall–Kier alpha value is -0.680. The van der Waals surface area contributed by atoms with E-state index in [0.717, 1.165) is 17.0 Å². The number of hydrogen-bond donors (Lipinski definition) is 0. The van der Waals surface area contributed by atoms with Gasteiger partial charge in [0.15, 0.2) is 0 Å². The standard InChI is InChI=1S/C16H18FNS2.ClH/c1-18(2)11-12-10-13(17)4-9-16(12)20-15-7-5-14(19-3)6-8-15;/h4-10H,11H2,1-3H3;1H. The van der Waals surface area contributed by atoms with Gasteiger partial charge in [-0.1, -0.05) is 11.8 Å². The third-order valence-electron chi connectivity index (χ3n) is 2.80. The average molecular weight is 344 g/mol. The smallest absolute Gasteiger partial charge is 0.123 e. The summed E-state index contributed by atoms with van der Waals surface area (Å²) in [6.07, 6.45) is 2.07. The molecular formula is C16H19ClFNS2. The molecule has 0 bridgehead atoms. The fourth-order valence-electron chi connectivity index (χ4n) is 1.88. The van der Waals surface area contributed by atoms with Crippen LogP contribution in [0.5, 0.6) is 0 Å². The number of hydrogen-bond acceptors (Lipinski definition) is 3. The van der Waals surface area contributed by atoms with Gasteiger partial charge >= 0.3 is 0 Å². The van der Waals surface area contributed by atoms with Crippen molar-refractivity contribution in [2.45, 2.75) is 21.2 Å². The molecule has 0 aliphatic rings. The molecule has 0 saturated carbocycles. The zero-order valence-electron chi connectivity index (χ0n) is 12.3. The Morgan fingerprint density at radius 1 is 1.00 bits per heavy atom. The molecule has 0 aliphatic heterocycles. The van der Waals surface area contributed by atoms with Crippen LogP contribution in [0.15, 0.2) is 57.2 Å². The molecule has 0 amide bonds. The summed E-state index contributed by atoms with van der Waals surface area (Å²) in [5.74, 6) is -0.177. The molecule has 0 aliphatic carbocycles. The van der Waals surface area contributed by atoms with Gasteiger partial charge in [0.25, 0.3) is 0 Å². The minimum Gasteiger partial charge on any atom is -0.305 e. The van der Waals surface area contributed by atoms with Gasteiger partial charge in [-0.05, 0) is 68.4 Å². The lowest BCUT2D eigenvalue weighted by Gasteiger charge is -2.14. The van der Waals surface area contributed by atoms with Gasteiger partial charge in [0.1, 0.15) is 5.82 Å². The number of rotatable bonds is 5. The largest absolute Gasteiger partial charge is 0.305 e. The van der Waals surface area contributed by atoms with E-state index in [4.69, 9.17) is 0 Å². The summed E-state index contributed by atoms with van der Waals surface area (Å²) >= 11 is 3.41. The minimum atomic E-state index is -0.177. The monoisotopic (exact) mass is 343 g/mol. The first-order valence-corrected chi connectivity index (χ1v) is 8.37. The normalized spacial score (nSPS) is 10.5. The summed E-state index contributed by atoms with van der Waals surface area (Å²) < 4.78 is 13.4. The Balaban J connectivity index is 0.00000220. The molecule has 0 saturated heterocycles. The van der Waals surface area contributed by atoms with Gasteiger partial charge in [-0.25, -0.2) is 4.39 Å². The Morgan fingerprint density at radius 3 is 2.19 bits per heavy atom. The molecule has 1 nitrogen and oxygen atoms in total. The fourth-order valence-corrected chi connectivity index (χ4v) is 3.21. The van der Waals surface area contributed by atoms with Crippen molar-refractivity contribution in [2.24, 2.45) is 0 Å². The highest BCUT2D eigenvalue weighted by Crippen LogP contribution is 2.32. The van der Waals surface area contributed by atoms with Crippen LogP contribution < -0.4 is 0 Å². The molecule has 21 heavy (non-hydrogen) atoms. The van der Waals surface area contributed by atoms with Crippen molar-refractivity contribution < 1.29 is 4.39 Å². The van der Waals surface area contributed by atoms with Crippen LogP contribution >= 0.6 is 35.9 Å². The Labute approximate surface area is 140 Å². The highest BCUT2D eigenvalue weighted by atomic mass is 35.5. The van der Waals surface area contributed by atoms with E-state index in [1.165, 1.54) is 15.9 Å². The minimum absolute atomic E-state index is 0. The lowest BCUT2D eigenvalue weighted by atomic mass is 10.2. The van der Waals surface area contributed by atoms with E-state index in [-0.39, 0.29) is 18.2 Å². The fraction of sp³-hybridized carbons (Fsp3) is 0.250. The maximum atomic E-state index is 13.4. The summed E-state index contributed by atoms with van der Waals surface area (Å²) in [7, 11) is 3.99. The van der Waals surface area contributed by atoms with Crippen molar-refractivity contribution in [3.63, 3.8) is 0 Å². The molecule has 2 rings (SSSR count). The van der Waals surface area contributed by atoms with E-state index >= 15 is 0 Å². The highest BCUT2D eigenvalue weighted by Gasteiger charge is 2.07. The maximum absolute atomic E-state index is 13.4. The zero-order chi connectivity index (χ0) is 14.5. The van der Waals surface area contributed by atoms with E-state index in [9.17, 15) is 4.39 Å². The number of benzene rings is 2. The Bertz CT molecular complexity index is 573. The van der Waals surface area contributed by atoms with E-state index in [1.54, 1.807) is 29.6 Å². The van der Waals surface area contributed by atoms with Crippen molar-refractivity contribution >= 4 is 35.9 Å². The van der Waals surface area contributed by atoms with Gasteiger partial charge in [-0.2, -0.15) is 0 Å². The molecule has 0 unspecified atom stereocenters. The summed E-state index contributed by atoms with van der Waals surface area (Å²) in [5.41, 5.74) is 1.02. The number of nitrogens with zero attached hydrogens (tertiary/aromatic N) is 1. The molecule has 0 aromatic heterocycles. The molecule has 114 valence electrons. The third-order valence-corrected chi connectivity index (χ3v) is 4.67. The van der Waals surface area contributed by atoms with Gasteiger partial charge in [-0.3, -0.25) is 0 Å². The van der Waals surface area contributed by atoms with Gasteiger partial charge in [0.2, 0.25) is 0 Å². The van der Waals surface area contributed by atoms with E-state index < -0.39 is 0 Å². The second-order valence-corrected chi connectivity index (χ2v) is 6.76. The molecular weight excluding hydrogens is 325 g/mol. The van der Waals surface area contributed by atoms with Gasteiger partial charge in [-0.15, -0.1) is 24.2 Å². The molecule has 0 heterocycles. The quantitative estimate of drug-likeness (QED) is 0.688. The molecule has 0 radical (unpaired) electrons. The molecule has 2 aromatic carbocycles. The SMILES string of the molecule is CSc1ccc(Sc2ccc(F)cc2CN(C)C)cc1.Cl. The van der Waals surface area contributed by atoms with Gasteiger partial charge < -0.3 is 4.90 Å². The first kappa shape index (κ1) is 18.4. The van der Waals surface area contributed by atoms with Crippen LogP contribution in [0.25, 0.3) is 0 Å². The van der Waals surface area contributed by atoms with E-state index in [1.807, 2.05) is 20.2 Å². The van der Waals surface area contributed by atoms with Crippen LogP contribution in [0.1, 0.15) is 5.56 Å². The summed E-state index contributed by atoms with van der Waals surface area (Å²) in [6.45, 7) is 0.739. The van der Waals surface area contributed by atoms with Crippen molar-refractivity contribution in [3.8, 4) is 0 Å². The summed E-state index contributed by atoms with van der Waals surface area (Å²) in [6, 6.07) is 13.5.